The van der Waals surface area contributed by atoms with E-state index in [-0.39, 0.29) is 17.7 Å². The van der Waals surface area contributed by atoms with Gasteiger partial charge in [-0.05, 0) is 30.5 Å². The molecule has 1 atom stereocenters. The van der Waals surface area contributed by atoms with Crippen molar-refractivity contribution in [3.05, 3.63) is 76.4 Å². The number of thioether (sulfide) groups is 1. The van der Waals surface area contributed by atoms with E-state index < -0.39 is 0 Å². The fourth-order valence-electron chi connectivity index (χ4n) is 3.50. The number of rotatable bonds is 6. The Balaban J connectivity index is 1.33. The van der Waals surface area contributed by atoms with Crippen LogP contribution in [0.1, 0.15) is 28.7 Å². The van der Waals surface area contributed by atoms with Gasteiger partial charge in [-0.15, -0.1) is 21.5 Å². The van der Waals surface area contributed by atoms with Crippen LogP contribution in [0.4, 0.5) is 0 Å². The number of hydrogen-bond donors (Lipinski definition) is 1. The van der Waals surface area contributed by atoms with E-state index >= 15 is 0 Å². The first kappa shape index (κ1) is 20.5. The molecule has 8 nitrogen and oxygen atoms in total. The van der Waals surface area contributed by atoms with Crippen molar-refractivity contribution in [3.63, 3.8) is 0 Å². The van der Waals surface area contributed by atoms with Crippen molar-refractivity contribution in [3.8, 4) is 11.4 Å². The summed E-state index contributed by atoms with van der Waals surface area (Å²) in [6.07, 6.45) is 2.22. The molecule has 4 aromatic rings. The van der Waals surface area contributed by atoms with Gasteiger partial charge in [0.25, 0.3) is 5.91 Å². The van der Waals surface area contributed by atoms with Crippen LogP contribution in [0.2, 0.25) is 0 Å². The highest BCUT2D eigenvalue weighted by Gasteiger charge is 2.34. The summed E-state index contributed by atoms with van der Waals surface area (Å²) in [7, 11) is 0. The third-order valence-electron chi connectivity index (χ3n) is 5.14. The lowest BCUT2D eigenvalue weighted by molar-refractivity contribution is -0.130. The summed E-state index contributed by atoms with van der Waals surface area (Å²) < 4.78 is 6.92. The number of carbonyl (C=O) groups excluding carboxylic acids is 1. The van der Waals surface area contributed by atoms with Crippen LogP contribution in [0, 0.1) is 6.92 Å². The van der Waals surface area contributed by atoms with Crippen molar-refractivity contribution in [2.24, 2.45) is 5.10 Å². The van der Waals surface area contributed by atoms with Gasteiger partial charge in [0, 0.05) is 16.9 Å². The van der Waals surface area contributed by atoms with Gasteiger partial charge >= 0.3 is 0 Å². The van der Waals surface area contributed by atoms with Gasteiger partial charge in [-0.1, -0.05) is 47.7 Å². The molecule has 0 spiro atoms. The number of furan rings is 1. The average molecular weight is 465 g/mol. The summed E-state index contributed by atoms with van der Waals surface area (Å²) in [6.45, 7) is 2.02. The lowest BCUT2D eigenvalue weighted by atomic mass is 10.1. The van der Waals surface area contributed by atoms with Gasteiger partial charge in [0.05, 0.1) is 18.1 Å². The Bertz CT molecular complexity index is 1250. The molecule has 0 saturated carbocycles. The summed E-state index contributed by atoms with van der Waals surface area (Å²) in [4.78, 5) is 14.2. The molecule has 0 fully saturated rings. The first-order chi connectivity index (χ1) is 15.6. The highest BCUT2D eigenvalue weighted by atomic mass is 32.2. The Morgan fingerprint density at radius 2 is 2.06 bits per heavy atom. The third kappa shape index (κ3) is 3.94. The zero-order valence-electron chi connectivity index (χ0n) is 17.2. The number of aromatic nitrogens is 3. The molecule has 0 bridgehead atoms. The standard InChI is InChI=1S/C22H20N6O2S2/c1-14-6-8-15(9-7-14)21-24-25-22(27(21)23)32-13-20(29)28-17(19-5-3-11-31-19)12-16(26-28)18-4-2-10-30-18/h2-11,17H,12-13,23H2,1H3. The van der Waals surface area contributed by atoms with Gasteiger partial charge in [0.1, 0.15) is 11.5 Å². The molecule has 2 N–H and O–H groups in total. The number of hydrazone groups is 1. The molecule has 1 unspecified atom stereocenters. The number of carbonyl (C=O) groups is 1. The van der Waals surface area contributed by atoms with Crippen LogP contribution in [-0.2, 0) is 4.79 Å². The maximum atomic E-state index is 13.1. The maximum Gasteiger partial charge on any atom is 0.253 e. The van der Waals surface area contributed by atoms with E-state index in [0.29, 0.717) is 23.2 Å². The van der Waals surface area contributed by atoms with Crippen LogP contribution in [0.25, 0.3) is 11.4 Å². The second-order valence-electron chi connectivity index (χ2n) is 7.33. The molecule has 4 heterocycles. The normalized spacial score (nSPS) is 15.8. The van der Waals surface area contributed by atoms with E-state index in [1.54, 1.807) is 22.6 Å². The van der Waals surface area contributed by atoms with Crippen LogP contribution in [0.5, 0.6) is 0 Å². The van der Waals surface area contributed by atoms with E-state index in [2.05, 4.69) is 15.3 Å². The van der Waals surface area contributed by atoms with Crippen molar-refractivity contribution in [2.45, 2.75) is 24.5 Å². The smallest absolute Gasteiger partial charge is 0.253 e. The van der Waals surface area contributed by atoms with E-state index in [1.807, 2.05) is 60.8 Å². The number of aryl methyl sites for hydroxylation is 1. The van der Waals surface area contributed by atoms with Gasteiger partial charge < -0.3 is 10.3 Å². The minimum absolute atomic E-state index is 0.130. The van der Waals surface area contributed by atoms with Gasteiger partial charge in [-0.25, -0.2) is 9.69 Å². The third-order valence-corrected chi connectivity index (χ3v) is 7.04. The quantitative estimate of drug-likeness (QED) is 0.341. The minimum Gasteiger partial charge on any atom is -0.463 e. The number of nitrogens with two attached hydrogens (primary N) is 1. The van der Waals surface area contributed by atoms with Crippen molar-refractivity contribution < 1.29 is 9.21 Å². The number of nitrogens with zero attached hydrogens (tertiary/aromatic N) is 5. The highest BCUT2D eigenvalue weighted by molar-refractivity contribution is 7.99. The minimum atomic E-state index is -0.151. The van der Waals surface area contributed by atoms with Gasteiger partial charge in [0.15, 0.2) is 5.82 Å². The molecule has 0 saturated heterocycles. The van der Waals surface area contributed by atoms with Crippen molar-refractivity contribution in [1.29, 1.82) is 0 Å². The largest absolute Gasteiger partial charge is 0.463 e. The van der Waals surface area contributed by atoms with Crippen molar-refractivity contribution in [1.82, 2.24) is 19.9 Å². The molecular formula is C22H20N6O2S2. The molecule has 1 amide bonds. The molecular weight excluding hydrogens is 444 g/mol. The summed E-state index contributed by atoms with van der Waals surface area (Å²) in [6, 6.07) is 15.4. The molecule has 5 rings (SSSR count). The van der Waals surface area contributed by atoms with Crippen LogP contribution in [-0.4, -0.2) is 37.3 Å². The van der Waals surface area contributed by atoms with Gasteiger partial charge in [-0.3, -0.25) is 4.79 Å². The first-order valence-electron chi connectivity index (χ1n) is 9.97. The summed E-state index contributed by atoms with van der Waals surface area (Å²) in [5.41, 5.74) is 2.78. The Kier molecular flexibility index (Phi) is 5.54. The topological polar surface area (TPSA) is 103 Å². The monoisotopic (exact) mass is 464 g/mol. The number of thiophene rings is 1. The van der Waals surface area contributed by atoms with Crippen LogP contribution in [0.15, 0.2) is 74.8 Å². The summed E-state index contributed by atoms with van der Waals surface area (Å²) >= 11 is 2.85. The molecule has 0 aliphatic carbocycles. The molecule has 1 aliphatic heterocycles. The number of amides is 1. The van der Waals surface area contributed by atoms with Gasteiger partial charge in [0.2, 0.25) is 5.16 Å². The van der Waals surface area contributed by atoms with Crippen LogP contribution >= 0.6 is 23.1 Å². The Labute approximate surface area is 192 Å². The zero-order chi connectivity index (χ0) is 22.1. The second kappa shape index (κ2) is 8.64. The Hall–Kier alpha value is -3.37. The molecule has 10 heteroatoms. The number of benzene rings is 1. The highest BCUT2D eigenvalue weighted by Crippen LogP contribution is 2.36. The SMILES string of the molecule is Cc1ccc(-c2nnc(SCC(=O)N3N=C(c4ccco4)CC3c3cccs3)n2N)cc1. The fourth-order valence-corrected chi connectivity index (χ4v) is 5.02. The average Bonchev–Trinajstić information content (AvgIpc) is 3.59. The Morgan fingerprint density at radius 3 is 2.78 bits per heavy atom. The molecule has 1 aliphatic rings. The second-order valence-corrected chi connectivity index (χ2v) is 9.25. The van der Waals surface area contributed by atoms with Crippen molar-refractivity contribution >= 4 is 34.7 Å². The number of hydrogen-bond acceptors (Lipinski definition) is 8. The van der Waals surface area contributed by atoms with E-state index in [9.17, 15) is 4.79 Å². The molecule has 0 radical (unpaired) electrons. The van der Waals surface area contributed by atoms with E-state index in [0.717, 1.165) is 21.7 Å². The van der Waals surface area contributed by atoms with Gasteiger partial charge in [-0.2, -0.15) is 5.10 Å². The maximum absolute atomic E-state index is 13.1. The number of nitrogen functional groups attached to an aromatic ring is 1. The van der Waals surface area contributed by atoms with Crippen LogP contribution < -0.4 is 5.84 Å². The summed E-state index contributed by atoms with van der Waals surface area (Å²) in [5, 5.41) is 17.0. The molecule has 1 aromatic carbocycles. The lowest BCUT2D eigenvalue weighted by Crippen LogP contribution is -2.28. The molecule has 162 valence electrons. The predicted molar refractivity (Wildman–Crippen MR) is 125 cm³/mol. The zero-order valence-corrected chi connectivity index (χ0v) is 18.8. The Morgan fingerprint density at radius 1 is 1.22 bits per heavy atom. The lowest BCUT2D eigenvalue weighted by Gasteiger charge is -2.20. The van der Waals surface area contributed by atoms with E-state index in [1.165, 1.54) is 16.4 Å². The molecule has 3 aromatic heterocycles. The first-order valence-corrected chi connectivity index (χ1v) is 11.8. The predicted octanol–water partition coefficient (Wildman–Crippen LogP) is 4.09. The van der Waals surface area contributed by atoms with Crippen molar-refractivity contribution in [2.75, 3.05) is 11.6 Å². The summed E-state index contributed by atoms with van der Waals surface area (Å²) in [5.74, 6) is 7.45. The van der Waals surface area contributed by atoms with Crippen LogP contribution in [0.3, 0.4) is 0 Å². The molecule has 32 heavy (non-hydrogen) atoms. The van der Waals surface area contributed by atoms with E-state index in [4.69, 9.17) is 10.3 Å². The fraction of sp³-hybridized carbons (Fsp3) is 0.182.